The van der Waals surface area contributed by atoms with E-state index < -0.39 is 23.3 Å². The molecule has 0 aliphatic carbocycles. The first-order valence-electron chi connectivity index (χ1n) is 6.31. The van der Waals surface area contributed by atoms with Crippen molar-refractivity contribution >= 4 is 41.4 Å². The maximum absolute atomic E-state index is 11.6. The summed E-state index contributed by atoms with van der Waals surface area (Å²) < 4.78 is 0. The van der Waals surface area contributed by atoms with Gasteiger partial charge in [-0.25, -0.2) is 4.79 Å². The molecule has 0 saturated carbocycles. The summed E-state index contributed by atoms with van der Waals surface area (Å²) >= 11 is 3.67. The first-order chi connectivity index (χ1) is 9.31. The standard InChI is InChI=1S/C12H20N2O4S2/c1-12(2,10(16)17)5-9(15)14-11(18)13-6-8-7-19-3-4-20-8/h8H,3-7H2,1-2H3,(H,16,17)(H2,13,14,15,18). The first kappa shape index (κ1) is 17.2. The molecule has 1 rings (SSSR count). The van der Waals surface area contributed by atoms with Crippen LogP contribution in [-0.2, 0) is 9.59 Å². The molecule has 0 bridgehead atoms. The molecule has 1 aliphatic heterocycles. The van der Waals surface area contributed by atoms with Crippen molar-refractivity contribution < 1.29 is 19.5 Å². The predicted octanol–water partition coefficient (Wildman–Crippen LogP) is 1.16. The molecular weight excluding hydrogens is 300 g/mol. The van der Waals surface area contributed by atoms with Gasteiger partial charge in [0.2, 0.25) is 5.91 Å². The predicted molar refractivity (Wildman–Crippen MR) is 81.1 cm³/mol. The SMILES string of the molecule is CC(C)(CC(=O)NC(=O)NCC1CSCCS1)C(=O)O. The fourth-order valence-corrected chi connectivity index (χ4v) is 4.16. The molecule has 20 heavy (non-hydrogen) atoms. The number of carbonyl (C=O) groups is 3. The number of imide groups is 1. The van der Waals surface area contributed by atoms with E-state index in [1.165, 1.54) is 13.8 Å². The minimum absolute atomic E-state index is 0.232. The van der Waals surface area contributed by atoms with E-state index in [0.29, 0.717) is 11.8 Å². The zero-order valence-electron chi connectivity index (χ0n) is 11.6. The van der Waals surface area contributed by atoms with Gasteiger partial charge in [0, 0.05) is 35.5 Å². The Morgan fingerprint density at radius 2 is 2.00 bits per heavy atom. The number of rotatable bonds is 5. The molecule has 1 atom stereocenters. The quantitative estimate of drug-likeness (QED) is 0.703. The van der Waals surface area contributed by atoms with Crippen molar-refractivity contribution in [1.82, 2.24) is 10.6 Å². The zero-order valence-corrected chi connectivity index (χ0v) is 13.2. The van der Waals surface area contributed by atoms with Gasteiger partial charge >= 0.3 is 12.0 Å². The highest BCUT2D eigenvalue weighted by Gasteiger charge is 2.30. The van der Waals surface area contributed by atoms with Crippen LogP contribution in [-0.4, -0.2) is 52.1 Å². The summed E-state index contributed by atoms with van der Waals surface area (Å²) in [5.41, 5.74) is -1.18. The molecule has 0 radical (unpaired) electrons. The van der Waals surface area contributed by atoms with E-state index in [-0.39, 0.29) is 6.42 Å². The van der Waals surface area contributed by atoms with Crippen LogP contribution in [0.3, 0.4) is 0 Å². The topological polar surface area (TPSA) is 95.5 Å². The number of amides is 3. The molecular formula is C12H20N2O4S2. The van der Waals surface area contributed by atoms with E-state index in [1.54, 1.807) is 0 Å². The summed E-state index contributed by atoms with van der Waals surface area (Å²) in [6.07, 6.45) is -0.232. The Morgan fingerprint density at radius 1 is 1.30 bits per heavy atom. The summed E-state index contributed by atoms with van der Waals surface area (Å²) in [5.74, 6) is 1.55. The van der Waals surface area contributed by atoms with Crippen molar-refractivity contribution in [3.8, 4) is 0 Å². The second-order valence-corrected chi connectivity index (χ2v) is 7.75. The average molecular weight is 320 g/mol. The van der Waals surface area contributed by atoms with Crippen LogP contribution in [0.4, 0.5) is 4.79 Å². The highest BCUT2D eigenvalue weighted by atomic mass is 32.2. The minimum Gasteiger partial charge on any atom is -0.481 e. The molecule has 3 amide bonds. The molecule has 1 fully saturated rings. The minimum atomic E-state index is -1.18. The van der Waals surface area contributed by atoms with Gasteiger partial charge < -0.3 is 10.4 Å². The van der Waals surface area contributed by atoms with Crippen molar-refractivity contribution in [3.63, 3.8) is 0 Å². The lowest BCUT2D eigenvalue weighted by Gasteiger charge is -2.21. The number of urea groups is 1. The lowest BCUT2D eigenvalue weighted by Crippen LogP contribution is -2.44. The third kappa shape index (κ3) is 6.04. The van der Waals surface area contributed by atoms with Gasteiger partial charge in [-0.05, 0) is 13.8 Å². The van der Waals surface area contributed by atoms with E-state index in [0.717, 1.165) is 17.3 Å². The number of hydrogen-bond acceptors (Lipinski definition) is 5. The number of aliphatic carboxylic acids is 1. The number of carboxylic acids is 1. The lowest BCUT2D eigenvalue weighted by atomic mass is 9.89. The maximum Gasteiger partial charge on any atom is 0.321 e. The van der Waals surface area contributed by atoms with Gasteiger partial charge in [-0.2, -0.15) is 23.5 Å². The van der Waals surface area contributed by atoms with E-state index in [2.05, 4.69) is 10.6 Å². The van der Waals surface area contributed by atoms with Gasteiger partial charge in [0.05, 0.1) is 5.41 Å². The average Bonchev–Trinajstić information content (AvgIpc) is 2.36. The summed E-state index contributed by atoms with van der Waals surface area (Å²) in [4.78, 5) is 34.0. The summed E-state index contributed by atoms with van der Waals surface area (Å²) in [6, 6.07) is -0.563. The van der Waals surface area contributed by atoms with Crippen LogP contribution in [0.15, 0.2) is 0 Å². The fraction of sp³-hybridized carbons (Fsp3) is 0.750. The van der Waals surface area contributed by atoms with Crippen LogP contribution in [0.1, 0.15) is 20.3 Å². The Kier molecular flexibility index (Phi) is 6.67. The first-order valence-corrected chi connectivity index (χ1v) is 8.52. The molecule has 1 unspecified atom stereocenters. The van der Waals surface area contributed by atoms with Crippen LogP contribution in [0, 0.1) is 5.41 Å². The van der Waals surface area contributed by atoms with Crippen LogP contribution in [0.5, 0.6) is 0 Å². The normalized spacial score (nSPS) is 19.2. The number of carboxylic acid groups (broad SMARTS) is 1. The second kappa shape index (κ2) is 7.78. The highest BCUT2D eigenvalue weighted by Crippen LogP contribution is 2.23. The van der Waals surface area contributed by atoms with E-state index in [9.17, 15) is 14.4 Å². The molecule has 6 nitrogen and oxygen atoms in total. The summed E-state index contributed by atoms with van der Waals surface area (Å²) in [6.45, 7) is 3.41. The van der Waals surface area contributed by atoms with Gasteiger partial charge in [0.1, 0.15) is 0 Å². The lowest BCUT2D eigenvalue weighted by molar-refractivity contribution is -0.149. The molecule has 1 aliphatic rings. The van der Waals surface area contributed by atoms with Crippen molar-refractivity contribution in [3.05, 3.63) is 0 Å². The van der Waals surface area contributed by atoms with Crippen molar-refractivity contribution in [2.24, 2.45) is 5.41 Å². The Balaban J connectivity index is 2.27. The van der Waals surface area contributed by atoms with E-state index >= 15 is 0 Å². The Labute approximate surface area is 126 Å². The Morgan fingerprint density at radius 3 is 2.55 bits per heavy atom. The molecule has 3 N–H and O–H groups in total. The third-order valence-electron chi connectivity index (χ3n) is 2.81. The van der Waals surface area contributed by atoms with Gasteiger partial charge in [0.15, 0.2) is 0 Å². The largest absolute Gasteiger partial charge is 0.481 e. The number of hydrogen-bond donors (Lipinski definition) is 3. The Hall–Kier alpha value is -0.890. The Bertz CT molecular complexity index is 382. The van der Waals surface area contributed by atoms with Crippen LogP contribution in [0.2, 0.25) is 0 Å². The second-order valence-electron chi connectivity index (χ2n) is 5.19. The van der Waals surface area contributed by atoms with Crippen LogP contribution < -0.4 is 10.6 Å². The van der Waals surface area contributed by atoms with Gasteiger partial charge in [-0.1, -0.05) is 0 Å². The van der Waals surface area contributed by atoms with Gasteiger partial charge in [-0.15, -0.1) is 0 Å². The van der Waals surface area contributed by atoms with Crippen molar-refractivity contribution in [1.29, 1.82) is 0 Å². The fourth-order valence-electron chi connectivity index (χ4n) is 1.55. The molecule has 8 heteroatoms. The molecule has 0 spiro atoms. The van der Waals surface area contributed by atoms with Gasteiger partial charge in [0.25, 0.3) is 0 Å². The molecule has 1 heterocycles. The summed E-state index contributed by atoms with van der Waals surface area (Å²) in [7, 11) is 0. The van der Waals surface area contributed by atoms with Crippen molar-refractivity contribution in [2.75, 3.05) is 23.8 Å². The van der Waals surface area contributed by atoms with Crippen LogP contribution >= 0.6 is 23.5 Å². The molecule has 0 aromatic heterocycles. The highest BCUT2D eigenvalue weighted by molar-refractivity contribution is 8.06. The number of thioether (sulfide) groups is 2. The zero-order chi connectivity index (χ0) is 15.2. The molecule has 114 valence electrons. The number of nitrogens with one attached hydrogen (secondary N) is 2. The monoisotopic (exact) mass is 320 g/mol. The van der Waals surface area contributed by atoms with E-state index in [4.69, 9.17) is 5.11 Å². The molecule has 0 aromatic rings. The number of carbonyl (C=O) groups excluding carboxylic acids is 2. The van der Waals surface area contributed by atoms with E-state index in [1.807, 2.05) is 23.5 Å². The maximum atomic E-state index is 11.6. The molecule has 1 saturated heterocycles. The summed E-state index contributed by atoms with van der Waals surface area (Å²) in [5, 5.41) is 14.1. The molecule has 0 aromatic carbocycles. The smallest absolute Gasteiger partial charge is 0.321 e. The van der Waals surface area contributed by atoms with Crippen molar-refractivity contribution in [2.45, 2.75) is 25.5 Å². The van der Waals surface area contributed by atoms with Gasteiger partial charge in [-0.3, -0.25) is 14.9 Å². The third-order valence-corrected chi connectivity index (χ3v) is 5.65. The van der Waals surface area contributed by atoms with Crippen LogP contribution in [0.25, 0.3) is 0 Å².